The Labute approximate surface area is 137 Å². The Kier molecular flexibility index (Phi) is 6.39. The summed E-state index contributed by atoms with van der Waals surface area (Å²) in [6.45, 7) is 2.21. The van der Waals surface area contributed by atoms with Gasteiger partial charge in [-0.2, -0.15) is 0 Å². The fourth-order valence-corrected chi connectivity index (χ4v) is 3.06. The summed E-state index contributed by atoms with van der Waals surface area (Å²) in [5.41, 5.74) is 1.25. The molecule has 1 aliphatic carbocycles. The molecule has 1 aliphatic rings. The quantitative estimate of drug-likeness (QED) is 0.628. The molecule has 0 heterocycles. The van der Waals surface area contributed by atoms with Crippen LogP contribution < -0.4 is 0 Å². The summed E-state index contributed by atoms with van der Waals surface area (Å²) in [6.07, 6.45) is 9.28. The van der Waals surface area contributed by atoms with Crippen molar-refractivity contribution in [2.45, 2.75) is 51.6 Å². The van der Waals surface area contributed by atoms with Crippen LogP contribution in [0.2, 0.25) is 0 Å². The van der Waals surface area contributed by atoms with E-state index in [1.165, 1.54) is 18.9 Å². The summed E-state index contributed by atoms with van der Waals surface area (Å²) in [7, 11) is 0. The molecule has 0 saturated heterocycles. The van der Waals surface area contributed by atoms with Crippen LogP contribution in [0.4, 0.5) is 0 Å². The Hall–Kier alpha value is -2.10. The number of ether oxygens (including phenoxy) is 1. The molecule has 1 saturated carbocycles. The van der Waals surface area contributed by atoms with E-state index >= 15 is 0 Å². The van der Waals surface area contributed by atoms with Gasteiger partial charge in [-0.25, -0.2) is 9.59 Å². The number of carbonyl (C=O) groups is 2. The van der Waals surface area contributed by atoms with Gasteiger partial charge in [0.05, 0.1) is 5.56 Å². The van der Waals surface area contributed by atoms with Gasteiger partial charge in [-0.15, -0.1) is 0 Å². The lowest BCUT2D eigenvalue weighted by molar-refractivity contribution is -0.131. The van der Waals surface area contributed by atoms with Gasteiger partial charge in [0, 0.05) is 6.08 Å². The Morgan fingerprint density at radius 1 is 1.17 bits per heavy atom. The molecule has 0 atom stereocenters. The summed E-state index contributed by atoms with van der Waals surface area (Å²) in [5, 5.41) is 8.59. The number of aliphatic carboxylic acids is 1. The van der Waals surface area contributed by atoms with E-state index in [1.54, 1.807) is 24.3 Å². The Balaban J connectivity index is 1.85. The van der Waals surface area contributed by atoms with Crippen molar-refractivity contribution in [1.29, 1.82) is 0 Å². The van der Waals surface area contributed by atoms with Crippen molar-refractivity contribution in [1.82, 2.24) is 0 Å². The van der Waals surface area contributed by atoms with Crippen molar-refractivity contribution in [2.24, 2.45) is 5.92 Å². The van der Waals surface area contributed by atoms with Crippen LogP contribution in [0, 0.1) is 5.92 Å². The first kappa shape index (κ1) is 17.3. The van der Waals surface area contributed by atoms with Gasteiger partial charge in [0.15, 0.2) is 0 Å². The largest absolute Gasteiger partial charge is 0.478 e. The third-order valence-electron chi connectivity index (χ3n) is 4.33. The molecule has 0 spiro atoms. The number of benzene rings is 1. The lowest BCUT2D eigenvalue weighted by atomic mass is 9.85. The first-order chi connectivity index (χ1) is 11.1. The van der Waals surface area contributed by atoms with Crippen LogP contribution in [0.5, 0.6) is 0 Å². The molecule has 4 heteroatoms. The van der Waals surface area contributed by atoms with E-state index in [0.717, 1.165) is 43.2 Å². The van der Waals surface area contributed by atoms with Gasteiger partial charge in [-0.3, -0.25) is 0 Å². The molecule has 4 nitrogen and oxygen atoms in total. The highest BCUT2D eigenvalue weighted by atomic mass is 16.5. The van der Waals surface area contributed by atoms with Gasteiger partial charge in [-0.1, -0.05) is 31.9 Å². The molecular weight excluding hydrogens is 292 g/mol. The zero-order valence-electron chi connectivity index (χ0n) is 13.5. The van der Waals surface area contributed by atoms with Crippen LogP contribution >= 0.6 is 0 Å². The summed E-state index contributed by atoms with van der Waals surface area (Å²) >= 11 is 0. The van der Waals surface area contributed by atoms with Crippen molar-refractivity contribution in [3.63, 3.8) is 0 Å². The number of carboxylic acids is 1. The van der Waals surface area contributed by atoms with Crippen LogP contribution in [0.25, 0.3) is 6.08 Å². The van der Waals surface area contributed by atoms with Crippen LogP contribution in [-0.4, -0.2) is 23.1 Å². The van der Waals surface area contributed by atoms with Crippen molar-refractivity contribution in [2.75, 3.05) is 0 Å². The minimum Gasteiger partial charge on any atom is -0.478 e. The maximum atomic E-state index is 12.2. The van der Waals surface area contributed by atoms with E-state index in [2.05, 4.69) is 6.92 Å². The fraction of sp³-hybridized carbons (Fsp3) is 0.474. The second-order valence-corrected chi connectivity index (χ2v) is 6.13. The minimum absolute atomic E-state index is 0.0298. The molecule has 1 fully saturated rings. The van der Waals surface area contributed by atoms with Crippen LogP contribution in [0.1, 0.15) is 61.4 Å². The molecule has 0 amide bonds. The van der Waals surface area contributed by atoms with Gasteiger partial charge in [0.25, 0.3) is 0 Å². The molecule has 124 valence electrons. The number of hydrogen-bond donors (Lipinski definition) is 1. The zero-order valence-corrected chi connectivity index (χ0v) is 13.5. The fourth-order valence-electron chi connectivity index (χ4n) is 3.06. The molecule has 1 aromatic rings. The van der Waals surface area contributed by atoms with E-state index in [4.69, 9.17) is 9.84 Å². The highest BCUT2D eigenvalue weighted by molar-refractivity contribution is 5.90. The standard InChI is InChI=1S/C19H24O4/c1-2-3-14-6-11-17(12-7-14)23-19(22)16-9-4-15(5-10-16)8-13-18(20)21/h4-5,8-10,13-14,17H,2-3,6-7,11-12H2,1H3,(H,20,21). The molecule has 0 aliphatic heterocycles. The monoisotopic (exact) mass is 316 g/mol. The number of esters is 1. The molecule has 1 aromatic carbocycles. The summed E-state index contributed by atoms with van der Waals surface area (Å²) < 4.78 is 5.59. The molecule has 0 radical (unpaired) electrons. The van der Waals surface area contributed by atoms with E-state index in [1.807, 2.05) is 0 Å². The smallest absolute Gasteiger partial charge is 0.338 e. The normalized spacial score (nSPS) is 21.3. The summed E-state index contributed by atoms with van der Waals surface area (Å²) in [4.78, 5) is 22.6. The van der Waals surface area contributed by atoms with E-state index in [0.29, 0.717) is 5.56 Å². The van der Waals surface area contributed by atoms with Gasteiger partial charge in [0.1, 0.15) is 6.10 Å². The molecular formula is C19H24O4. The number of carboxylic acid groups (broad SMARTS) is 1. The summed E-state index contributed by atoms with van der Waals surface area (Å²) in [5.74, 6) is -0.500. The van der Waals surface area contributed by atoms with Crippen molar-refractivity contribution in [3.8, 4) is 0 Å². The van der Waals surface area contributed by atoms with Crippen molar-refractivity contribution in [3.05, 3.63) is 41.5 Å². The van der Waals surface area contributed by atoms with Gasteiger partial charge >= 0.3 is 11.9 Å². The van der Waals surface area contributed by atoms with Gasteiger partial charge in [0.2, 0.25) is 0 Å². The molecule has 23 heavy (non-hydrogen) atoms. The maximum Gasteiger partial charge on any atom is 0.338 e. The van der Waals surface area contributed by atoms with E-state index in [-0.39, 0.29) is 12.1 Å². The first-order valence-electron chi connectivity index (χ1n) is 8.30. The lowest BCUT2D eigenvalue weighted by Gasteiger charge is -2.28. The van der Waals surface area contributed by atoms with Crippen molar-refractivity contribution < 1.29 is 19.4 Å². The topological polar surface area (TPSA) is 63.6 Å². The number of carbonyl (C=O) groups excluding carboxylic acids is 1. The second kappa shape index (κ2) is 8.51. The van der Waals surface area contributed by atoms with Crippen molar-refractivity contribution >= 4 is 18.0 Å². The minimum atomic E-state index is -0.993. The highest BCUT2D eigenvalue weighted by Gasteiger charge is 2.23. The Morgan fingerprint density at radius 3 is 2.39 bits per heavy atom. The lowest BCUT2D eigenvalue weighted by Crippen LogP contribution is -2.24. The Bertz CT molecular complexity index is 551. The maximum absolute atomic E-state index is 12.2. The van der Waals surface area contributed by atoms with Crippen LogP contribution in [0.15, 0.2) is 30.3 Å². The predicted molar refractivity (Wildman–Crippen MR) is 89.2 cm³/mol. The molecule has 1 N–H and O–H groups in total. The Morgan fingerprint density at radius 2 is 1.83 bits per heavy atom. The highest BCUT2D eigenvalue weighted by Crippen LogP contribution is 2.29. The predicted octanol–water partition coefficient (Wildman–Crippen LogP) is 4.30. The van der Waals surface area contributed by atoms with Crippen LogP contribution in [-0.2, 0) is 9.53 Å². The number of hydrogen-bond acceptors (Lipinski definition) is 3. The third kappa shape index (κ3) is 5.55. The van der Waals surface area contributed by atoms with E-state index in [9.17, 15) is 9.59 Å². The third-order valence-corrected chi connectivity index (χ3v) is 4.33. The molecule has 0 unspecified atom stereocenters. The molecule has 0 bridgehead atoms. The zero-order chi connectivity index (χ0) is 16.7. The summed E-state index contributed by atoms with van der Waals surface area (Å²) in [6, 6.07) is 6.78. The average molecular weight is 316 g/mol. The molecule has 0 aromatic heterocycles. The SMILES string of the molecule is CCCC1CCC(OC(=O)c2ccc(C=CC(=O)O)cc2)CC1. The average Bonchev–Trinajstić information content (AvgIpc) is 2.55. The van der Waals surface area contributed by atoms with Crippen LogP contribution in [0.3, 0.4) is 0 Å². The number of rotatable bonds is 6. The first-order valence-corrected chi connectivity index (χ1v) is 8.30. The van der Waals surface area contributed by atoms with Gasteiger partial charge in [-0.05, 0) is 55.4 Å². The van der Waals surface area contributed by atoms with Gasteiger partial charge < -0.3 is 9.84 Å². The second-order valence-electron chi connectivity index (χ2n) is 6.13. The molecule has 2 rings (SSSR count). The van der Waals surface area contributed by atoms with E-state index < -0.39 is 5.97 Å².